The van der Waals surface area contributed by atoms with Crippen molar-refractivity contribution in [2.24, 2.45) is 11.7 Å². The predicted molar refractivity (Wildman–Crippen MR) is 198 cm³/mol. The number of carbonyl (C=O) groups excluding carboxylic acids is 1. The van der Waals surface area contributed by atoms with E-state index in [0.29, 0.717) is 49.0 Å². The van der Waals surface area contributed by atoms with Gasteiger partial charge in [0.05, 0.1) is 13.2 Å². The number of nitrogens with zero attached hydrogens (tertiary/aromatic N) is 2. The highest BCUT2D eigenvalue weighted by atomic mass is 19.1. The molecule has 0 bridgehead atoms. The number of pyridine rings is 1. The first kappa shape index (κ1) is 34.6. The molecule has 0 aliphatic carbocycles. The first-order valence-corrected chi connectivity index (χ1v) is 17.6. The molecule has 2 saturated heterocycles. The van der Waals surface area contributed by atoms with Gasteiger partial charge in [0.25, 0.3) is 5.91 Å². The number of morpholine rings is 1. The molecule has 51 heavy (non-hydrogen) atoms. The van der Waals surface area contributed by atoms with Crippen LogP contribution < -0.4 is 21.8 Å². The van der Waals surface area contributed by atoms with E-state index in [2.05, 4.69) is 15.5 Å². The van der Waals surface area contributed by atoms with Crippen molar-refractivity contribution in [3.63, 3.8) is 0 Å². The molecule has 2 fully saturated rings. The molecule has 4 aromatic rings. The Morgan fingerprint density at radius 2 is 1.61 bits per heavy atom. The van der Waals surface area contributed by atoms with E-state index in [-0.39, 0.29) is 16.8 Å². The number of carbonyl (C=O) groups is 1. The minimum absolute atomic E-state index is 0.0865. The summed E-state index contributed by atoms with van der Waals surface area (Å²) in [4.78, 5) is 29.6. The molecule has 9 nitrogen and oxygen atoms in total. The number of rotatable bonds is 9. The lowest BCUT2D eigenvalue weighted by Crippen LogP contribution is -2.37. The number of benzene rings is 3. The second-order valence-electron chi connectivity index (χ2n) is 13.6. The first-order chi connectivity index (χ1) is 24.8. The lowest BCUT2D eigenvalue weighted by atomic mass is 9.94. The van der Waals surface area contributed by atoms with Crippen LogP contribution in [0.4, 0.5) is 10.1 Å². The third-order valence-corrected chi connectivity index (χ3v) is 9.92. The summed E-state index contributed by atoms with van der Waals surface area (Å²) in [7, 11) is 0. The molecule has 1 amide bonds. The molecule has 0 radical (unpaired) electrons. The molecule has 1 aromatic heterocycles. The summed E-state index contributed by atoms with van der Waals surface area (Å²) in [5.74, 6) is -0.314. The Balaban J connectivity index is 1.09. The van der Waals surface area contributed by atoms with Crippen molar-refractivity contribution < 1.29 is 18.7 Å². The monoisotopic (exact) mass is 689 g/mol. The van der Waals surface area contributed by atoms with Gasteiger partial charge in [-0.05, 0) is 77.8 Å². The van der Waals surface area contributed by atoms with Crippen LogP contribution in [0.3, 0.4) is 0 Å². The van der Waals surface area contributed by atoms with Crippen molar-refractivity contribution >= 4 is 22.7 Å². The van der Waals surface area contributed by atoms with Gasteiger partial charge in [0.15, 0.2) is 0 Å². The minimum atomic E-state index is -0.474. The summed E-state index contributed by atoms with van der Waals surface area (Å²) >= 11 is 0. The Kier molecular flexibility index (Phi) is 10.6. The molecule has 10 heteroatoms. The van der Waals surface area contributed by atoms with Gasteiger partial charge in [0.1, 0.15) is 17.5 Å². The molecular formula is C41H44FN5O4. The van der Waals surface area contributed by atoms with Crippen LogP contribution in [0.5, 0.6) is 0 Å². The van der Waals surface area contributed by atoms with E-state index >= 15 is 4.39 Å². The van der Waals surface area contributed by atoms with Crippen LogP contribution in [0.2, 0.25) is 0 Å². The third kappa shape index (κ3) is 8.21. The Labute approximate surface area is 297 Å². The summed E-state index contributed by atoms with van der Waals surface area (Å²) in [5, 5.41) is 6.13. The van der Waals surface area contributed by atoms with Gasteiger partial charge in [-0.25, -0.2) is 4.39 Å². The number of allylic oxidation sites excluding steroid dienone is 2. The molecule has 1 atom stereocenters. The molecule has 7 rings (SSSR count). The zero-order valence-electron chi connectivity index (χ0n) is 28.9. The standard InChI is InChI=1S/C41H44FN5O4/c1-27-2-4-30(5-3-27)36-25-47(23-28-12-16-50-17-13-28)26-37(39(36)48)41(49)45-34-10-8-29(9-11-34)35-20-33(22-44-40(35)43)31-6-7-32(38(42)21-31)24-46-14-18-51-19-15-46/h2-11,20-22,25-26,28,40,44H,12-19,23-24,43H2,1H3,(H,45,49). The van der Waals surface area contributed by atoms with E-state index in [4.69, 9.17) is 15.2 Å². The lowest BCUT2D eigenvalue weighted by Gasteiger charge is -2.27. The second-order valence-corrected chi connectivity index (χ2v) is 13.6. The molecule has 264 valence electrons. The van der Waals surface area contributed by atoms with E-state index in [1.807, 2.05) is 72.3 Å². The summed E-state index contributed by atoms with van der Waals surface area (Å²) in [6, 6.07) is 20.5. The normalized spacial score (nSPS) is 18.5. The molecule has 4 heterocycles. The Bertz CT molecular complexity index is 1990. The molecule has 1 unspecified atom stereocenters. The zero-order valence-corrected chi connectivity index (χ0v) is 28.9. The number of nitrogens with two attached hydrogens (primary N) is 1. The van der Waals surface area contributed by atoms with Crippen LogP contribution in [-0.4, -0.2) is 61.1 Å². The maximum Gasteiger partial charge on any atom is 0.261 e. The molecule has 0 saturated carbocycles. The fraction of sp³-hybridized carbons (Fsp3) is 0.317. The van der Waals surface area contributed by atoms with E-state index in [1.54, 1.807) is 30.6 Å². The Morgan fingerprint density at radius 3 is 2.33 bits per heavy atom. The average Bonchev–Trinajstić information content (AvgIpc) is 3.15. The molecule has 3 aliphatic rings. The van der Waals surface area contributed by atoms with E-state index in [9.17, 15) is 9.59 Å². The van der Waals surface area contributed by atoms with E-state index in [0.717, 1.165) is 72.5 Å². The minimum Gasteiger partial charge on any atom is -0.381 e. The van der Waals surface area contributed by atoms with Crippen molar-refractivity contribution in [3.8, 4) is 11.1 Å². The number of hydrogen-bond donors (Lipinski definition) is 3. The van der Waals surface area contributed by atoms with E-state index in [1.165, 1.54) is 0 Å². The fourth-order valence-electron chi connectivity index (χ4n) is 6.86. The van der Waals surface area contributed by atoms with Crippen LogP contribution in [-0.2, 0) is 22.6 Å². The molecule has 3 aliphatic heterocycles. The number of aromatic nitrogens is 1. The largest absolute Gasteiger partial charge is 0.381 e. The number of anilines is 1. The maximum atomic E-state index is 15.2. The topological polar surface area (TPSA) is 111 Å². The van der Waals surface area contributed by atoms with Crippen molar-refractivity contribution in [1.82, 2.24) is 14.8 Å². The van der Waals surface area contributed by atoms with Crippen molar-refractivity contribution in [2.45, 2.75) is 39.0 Å². The van der Waals surface area contributed by atoms with Crippen molar-refractivity contribution in [2.75, 3.05) is 44.8 Å². The highest BCUT2D eigenvalue weighted by Crippen LogP contribution is 2.29. The van der Waals surface area contributed by atoms with Crippen molar-refractivity contribution in [3.05, 3.63) is 135 Å². The first-order valence-electron chi connectivity index (χ1n) is 17.6. The summed E-state index contributed by atoms with van der Waals surface area (Å²) in [6.07, 6.45) is 8.69. The van der Waals surface area contributed by atoms with Gasteiger partial charge < -0.3 is 30.4 Å². The summed E-state index contributed by atoms with van der Waals surface area (Å²) in [5.41, 5.74) is 13.0. The molecule has 4 N–H and O–H groups in total. The highest BCUT2D eigenvalue weighted by Gasteiger charge is 2.21. The van der Waals surface area contributed by atoms with Gasteiger partial charge in [0.2, 0.25) is 5.43 Å². The van der Waals surface area contributed by atoms with Crippen LogP contribution in [0.1, 0.15) is 45.5 Å². The number of ether oxygens (including phenoxy) is 2. The Hall–Kier alpha value is -4.87. The smallest absolute Gasteiger partial charge is 0.261 e. The van der Waals surface area contributed by atoms with Gasteiger partial charge in [-0.3, -0.25) is 14.5 Å². The third-order valence-electron chi connectivity index (χ3n) is 9.92. The van der Waals surface area contributed by atoms with Gasteiger partial charge in [-0.15, -0.1) is 0 Å². The number of hydrogen-bond acceptors (Lipinski definition) is 7. The van der Waals surface area contributed by atoms with Crippen LogP contribution in [0, 0.1) is 18.7 Å². The van der Waals surface area contributed by atoms with Crippen molar-refractivity contribution in [1.29, 1.82) is 0 Å². The predicted octanol–water partition coefficient (Wildman–Crippen LogP) is 5.79. The van der Waals surface area contributed by atoms with Crippen LogP contribution in [0.15, 0.2) is 96.2 Å². The number of amides is 1. The molecular weight excluding hydrogens is 645 g/mol. The van der Waals surface area contributed by atoms with Crippen LogP contribution in [0.25, 0.3) is 22.3 Å². The highest BCUT2D eigenvalue weighted by molar-refractivity contribution is 6.04. The summed E-state index contributed by atoms with van der Waals surface area (Å²) in [6.45, 7) is 7.60. The second kappa shape index (κ2) is 15.6. The Morgan fingerprint density at radius 1 is 0.922 bits per heavy atom. The molecule has 3 aromatic carbocycles. The fourth-order valence-corrected chi connectivity index (χ4v) is 6.86. The van der Waals surface area contributed by atoms with Gasteiger partial charge in [0, 0.05) is 74.8 Å². The molecule has 0 spiro atoms. The number of dihydropyridines is 1. The average molecular weight is 690 g/mol. The van der Waals surface area contributed by atoms with Crippen LogP contribution >= 0.6 is 0 Å². The van der Waals surface area contributed by atoms with Gasteiger partial charge >= 0.3 is 0 Å². The lowest BCUT2D eigenvalue weighted by molar-refractivity contribution is 0.0337. The SMILES string of the molecule is Cc1ccc(-c2cn(CC3CCOCC3)cc(C(=O)Nc3ccc(C4=CC(c5ccc(CN6CCOCC6)c(F)c5)=CNC4N)cc3)c2=O)cc1. The van der Waals surface area contributed by atoms with Gasteiger partial charge in [-0.1, -0.05) is 54.1 Å². The van der Waals surface area contributed by atoms with E-state index < -0.39 is 12.1 Å². The number of nitrogens with one attached hydrogen (secondary N) is 2. The quantitative estimate of drug-likeness (QED) is 0.204. The number of aryl methyl sites for hydroxylation is 1. The maximum absolute atomic E-state index is 15.2. The number of halogens is 1. The van der Waals surface area contributed by atoms with Gasteiger partial charge in [-0.2, -0.15) is 0 Å². The zero-order chi connectivity index (χ0) is 35.3. The summed E-state index contributed by atoms with van der Waals surface area (Å²) < 4.78 is 28.1.